The van der Waals surface area contributed by atoms with E-state index in [-0.39, 0.29) is 17.9 Å². The third-order valence-corrected chi connectivity index (χ3v) is 3.21. The summed E-state index contributed by atoms with van der Waals surface area (Å²) in [6.45, 7) is 0.585. The first kappa shape index (κ1) is 14.5. The van der Waals surface area contributed by atoms with Crippen LogP contribution in [0.2, 0.25) is 0 Å². The summed E-state index contributed by atoms with van der Waals surface area (Å²) in [7, 11) is -1.32. The van der Waals surface area contributed by atoms with Crippen LogP contribution in [0.1, 0.15) is 16.1 Å². The SMILES string of the molecule is CN(CCS(C)(=O)=O)Cc1ncncc1C(=O)O. The van der Waals surface area contributed by atoms with Gasteiger partial charge in [-0.15, -0.1) is 0 Å². The Bertz CT molecular complexity index is 530. The molecule has 0 amide bonds. The Morgan fingerprint density at radius 3 is 2.72 bits per heavy atom. The molecule has 1 aromatic heterocycles. The highest BCUT2D eigenvalue weighted by molar-refractivity contribution is 7.90. The summed E-state index contributed by atoms with van der Waals surface area (Å²) in [4.78, 5) is 20.2. The van der Waals surface area contributed by atoms with Gasteiger partial charge in [-0.1, -0.05) is 0 Å². The van der Waals surface area contributed by atoms with Gasteiger partial charge in [0.1, 0.15) is 21.7 Å². The van der Waals surface area contributed by atoms with Crippen molar-refractivity contribution in [2.24, 2.45) is 0 Å². The van der Waals surface area contributed by atoms with Crippen molar-refractivity contribution in [3.05, 3.63) is 23.8 Å². The number of rotatable bonds is 6. The van der Waals surface area contributed by atoms with Crippen LogP contribution in [0.4, 0.5) is 0 Å². The number of hydrogen-bond donors (Lipinski definition) is 1. The molecule has 1 N–H and O–H groups in total. The normalized spacial score (nSPS) is 11.7. The molecule has 1 aromatic rings. The summed E-state index contributed by atoms with van der Waals surface area (Å²) >= 11 is 0. The molecule has 1 heterocycles. The lowest BCUT2D eigenvalue weighted by atomic mass is 10.2. The van der Waals surface area contributed by atoms with Crippen molar-refractivity contribution < 1.29 is 18.3 Å². The molecule has 0 saturated heterocycles. The van der Waals surface area contributed by atoms with E-state index < -0.39 is 15.8 Å². The molecule has 0 saturated carbocycles. The maximum atomic E-state index is 11.0. The third kappa shape index (κ3) is 4.76. The number of nitrogens with zero attached hydrogens (tertiary/aromatic N) is 3. The van der Waals surface area contributed by atoms with Gasteiger partial charge in [0.25, 0.3) is 0 Å². The maximum Gasteiger partial charge on any atom is 0.339 e. The van der Waals surface area contributed by atoms with Gasteiger partial charge in [0.15, 0.2) is 0 Å². The van der Waals surface area contributed by atoms with Gasteiger partial charge >= 0.3 is 5.97 Å². The van der Waals surface area contributed by atoms with Crippen LogP contribution in [0.5, 0.6) is 0 Å². The smallest absolute Gasteiger partial charge is 0.339 e. The maximum absolute atomic E-state index is 11.0. The lowest BCUT2D eigenvalue weighted by Crippen LogP contribution is -2.26. The molecule has 7 nitrogen and oxygen atoms in total. The van der Waals surface area contributed by atoms with Gasteiger partial charge in [-0.3, -0.25) is 4.90 Å². The molecule has 1 rings (SSSR count). The molecule has 0 aliphatic heterocycles. The fourth-order valence-corrected chi connectivity index (χ4v) is 1.96. The Morgan fingerprint density at radius 2 is 2.17 bits per heavy atom. The van der Waals surface area contributed by atoms with Gasteiger partial charge in [-0.2, -0.15) is 0 Å². The highest BCUT2D eigenvalue weighted by Gasteiger charge is 2.14. The monoisotopic (exact) mass is 273 g/mol. The minimum absolute atomic E-state index is 0.0248. The molecule has 0 fully saturated rings. The second-order valence-corrected chi connectivity index (χ2v) is 6.32. The Hall–Kier alpha value is -1.54. The average molecular weight is 273 g/mol. The van der Waals surface area contributed by atoms with E-state index in [0.717, 1.165) is 6.26 Å². The second kappa shape index (κ2) is 5.87. The van der Waals surface area contributed by atoms with Crippen LogP contribution in [0, 0.1) is 0 Å². The molecular formula is C10H15N3O4S. The molecule has 0 unspecified atom stereocenters. The van der Waals surface area contributed by atoms with Crippen LogP contribution in [0.3, 0.4) is 0 Å². The Kier molecular flexibility index (Phi) is 4.74. The molecule has 8 heteroatoms. The summed E-state index contributed by atoms with van der Waals surface area (Å²) in [5.41, 5.74) is 0.400. The number of sulfone groups is 1. The quantitative estimate of drug-likeness (QED) is 0.756. The molecule has 0 aliphatic carbocycles. The molecule has 0 bridgehead atoms. The van der Waals surface area contributed by atoms with Gasteiger partial charge in [0.2, 0.25) is 0 Å². The topological polar surface area (TPSA) is 100 Å². The zero-order chi connectivity index (χ0) is 13.8. The van der Waals surface area contributed by atoms with Gasteiger partial charge < -0.3 is 5.11 Å². The second-order valence-electron chi connectivity index (χ2n) is 4.06. The van der Waals surface area contributed by atoms with Crippen molar-refractivity contribution in [3.63, 3.8) is 0 Å². The van der Waals surface area contributed by atoms with Crippen molar-refractivity contribution in [1.29, 1.82) is 0 Å². The van der Waals surface area contributed by atoms with E-state index in [1.54, 1.807) is 11.9 Å². The van der Waals surface area contributed by atoms with E-state index in [9.17, 15) is 13.2 Å². The van der Waals surface area contributed by atoms with E-state index in [1.165, 1.54) is 12.5 Å². The first-order chi connectivity index (χ1) is 8.29. The summed E-state index contributed by atoms with van der Waals surface area (Å²) in [5.74, 6) is -1.07. The standard InChI is InChI=1S/C10H15N3O4S/c1-13(3-4-18(2,16)17)6-9-8(10(14)15)5-11-7-12-9/h5,7H,3-4,6H2,1-2H3,(H,14,15). The molecule has 0 atom stereocenters. The van der Waals surface area contributed by atoms with Crippen LogP contribution in [-0.2, 0) is 16.4 Å². The van der Waals surface area contributed by atoms with Crippen molar-refractivity contribution >= 4 is 15.8 Å². The molecule has 0 aliphatic rings. The largest absolute Gasteiger partial charge is 0.478 e. The van der Waals surface area contributed by atoms with Gasteiger partial charge in [0.05, 0.1) is 11.4 Å². The van der Waals surface area contributed by atoms with Crippen LogP contribution >= 0.6 is 0 Å². The number of carbonyl (C=O) groups is 1. The molecule has 0 spiro atoms. The first-order valence-electron chi connectivity index (χ1n) is 5.18. The lowest BCUT2D eigenvalue weighted by molar-refractivity contribution is 0.0693. The number of aromatic carboxylic acids is 1. The Morgan fingerprint density at radius 1 is 1.50 bits per heavy atom. The number of carboxylic acid groups (broad SMARTS) is 1. The highest BCUT2D eigenvalue weighted by atomic mass is 32.2. The predicted octanol–water partition coefficient (Wildman–Crippen LogP) is -0.349. The van der Waals surface area contributed by atoms with Crippen LogP contribution < -0.4 is 0 Å². The summed E-state index contributed by atoms with van der Waals surface area (Å²) in [5, 5.41) is 8.94. The molecule has 0 radical (unpaired) electrons. The van der Waals surface area contributed by atoms with E-state index in [4.69, 9.17) is 5.11 Å². The number of aromatic nitrogens is 2. The van der Waals surface area contributed by atoms with E-state index >= 15 is 0 Å². The minimum Gasteiger partial charge on any atom is -0.478 e. The summed E-state index contributed by atoms with van der Waals surface area (Å²) in [6, 6.07) is 0. The highest BCUT2D eigenvalue weighted by Crippen LogP contribution is 2.06. The number of hydrogen-bond acceptors (Lipinski definition) is 6. The Balaban J connectivity index is 2.70. The van der Waals surface area contributed by atoms with Crippen molar-refractivity contribution in [2.45, 2.75) is 6.54 Å². The summed E-state index contributed by atoms with van der Waals surface area (Å²) < 4.78 is 22.0. The molecular weight excluding hydrogens is 258 g/mol. The zero-order valence-electron chi connectivity index (χ0n) is 10.2. The average Bonchev–Trinajstić information content (AvgIpc) is 2.26. The summed E-state index contributed by atoms with van der Waals surface area (Å²) in [6.07, 6.45) is 3.66. The molecule has 0 aromatic carbocycles. The fraction of sp³-hybridized carbons (Fsp3) is 0.500. The van der Waals surface area contributed by atoms with Crippen molar-refractivity contribution in [1.82, 2.24) is 14.9 Å². The van der Waals surface area contributed by atoms with Gasteiger partial charge in [-0.25, -0.2) is 23.2 Å². The lowest BCUT2D eigenvalue weighted by Gasteiger charge is -2.16. The van der Waals surface area contributed by atoms with Gasteiger partial charge in [0, 0.05) is 25.5 Å². The van der Waals surface area contributed by atoms with Crippen molar-refractivity contribution in [2.75, 3.05) is 25.6 Å². The van der Waals surface area contributed by atoms with Crippen LogP contribution in [-0.4, -0.2) is 60.0 Å². The van der Waals surface area contributed by atoms with Crippen LogP contribution in [0.15, 0.2) is 12.5 Å². The zero-order valence-corrected chi connectivity index (χ0v) is 11.0. The molecule has 100 valence electrons. The predicted molar refractivity (Wildman–Crippen MR) is 65.0 cm³/mol. The van der Waals surface area contributed by atoms with E-state index in [1.807, 2.05) is 0 Å². The minimum atomic E-state index is -3.03. The first-order valence-corrected chi connectivity index (χ1v) is 7.24. The van der Waals surface area contributed by atoms with E-state index in [2.05, 4.69) is 9.97 Å². The molecule has 18 heavy (non-hydrogen) atoms. The number of carboxylic acids is 1. The van der Waals surface area contributed by atoms with E-state index in [0.29, 0.717) is 12.2 Å². The fourth-order valence-electron chi connectivity index (χ4n) is 1.32. The third-order valence-electron chi connectivity index (χ3n) is 2.29. The Labute approximate surface area is 105 Å². The van der Waals surface area contributed by atoms with Crippen molar-refractivity contribution in [3.8, 4) is 0 Å². The van der Waals surface area contributed by atoms with Gasteiger partial charge in [-0.05, 0) is 7.05 Å². The van der Waals surface area contributed by atoms with Crippen LogP contribution in [0.25, 0.3) is 0 Å².